The number of nitrogens with zero attached hydrogens (tertiary/aromatic N) is 3. The van der Waals surface area contributed by atoms with Crippen molar-refractivity contribution >= 4 is 92.5 Å². The molecule has 0 radical (unpaired) electrons. The highest BCUT2D eigenvalue weighted by molar-refractivity contribution is 7.32. The lowest BCUT2D eigenvalue weighted by molar-refractivity contribution is -0.132. The average Bonchev–Trinajstić information content (AvgIpc) is 3.63. The molecular weight excluding hydrogens is 583 g/mol. The lowest BCUT2D eigenvalue weighted by Crippen LogP contribution is -2.07. The maximum atomic E-state index is 11.0. The van der Waals surface area contributed by atoms with Gasteiger partial charge in [-0.2, -0.15) is 0 Å². The Bertz CT molecular complexity index is 1580. The number of hydrogen-bond acceptors (Lipinski definition) is 12. The van der Waals surface area contributed by atoms with Gasteiger partial charge in [0.15, 0.2) is 29.3 Å². The van der Waals surface area contributed by atoms with E-state index in [9.17, 15) is 9.59 Å². The molecule has 4 aromatic heterocycles. The van der Waals surface area contributed by atoms with Gasteiger partial charge in [-0.05, 0) is 6.08 Å². The fourth-order valence-electron chi connectivity index (χ4n) is 3.57. The second kappa shape index (κ2) is 12.6. The van der Waals surface area contributed by atoms with Gasteiger partial charge in [-0.3, -0.25) is 9.59 Å². The van der Waals surface area contributed by atoms with Gasteiger partial charge in [0, 0.05) is 28.2 Å². The first-order chi connectivity index (χ1) is 18.6. The van der Waals surface area contributed by atoms with Gasteiger partial charge in [0.25, 0.3) is 5.70 Å². The van der Waals surface area contributed by atoms with Gasteiger partial charge in [-0.1, -0.05) is 0 Å². The zero-order valence-corrected chi connectivity index (χ0v) is 25.8. The van der Waals surface area contributed by atoms with Crippen LogP contribution in [0.15, 0.2) is 5.70 Å². The van der Waals surface area contributed by atoms with E-state index in [1.54, 1.807) is 32.7 Å². The maximum absolute atomic E-state index is 11.0. The first kappa shape index (κ1) is 30.0. The molecule has 0 saturated heterocycles. The number of fused-ring (bicyclic) bond motifs is 2. The first-order valence-electron chi connectivity index (χ1n) is 11.0. The van der Waals surface area contributed by atoms with Crippen molar-refractivity contribution in [2.45, 2.75) is 0 Å². The summed E-state index contributed by atoms with van der Waals surface area (Å²) in [6, 6.07) is 0. The molecule has 1 N–H and O–H groups in total. The Labute approximate surface area is 241 Å². The molecule has 0 aromatic carbocycles. The summed E-state index contributed by atoms with van der Waals surface area (Å²) in [6.07, 6.45) is 2.16. The van der Waals surface area contributed by atoms with Crippen LogP contribution < -0.4 is 28.7 Å². The van der Waals surface area contributed by atoms with E-state index in [2.05, 4.69) is 4.85 Å². The molecule has 0 aliphatic heterocycles. The van der Waals surface area contributed by atoms with Crippen LogP contribution in [0.25, 0.3) is 29.7 Å². The summed E-state index contributed by atoms with van der Waals surface area (Å²) in [5, 5.41) is 11.0. The topological polar surface area (TPSA) is 102 Å². The van der Waals surface area contributed by atoms with Crippen molar-refractivity contribution in [3.8, 4) is 23.0 Å². The van der Waals surface area contributed by atoms with E-state index in [4.69, 9.17) is 30.6 Å². The second-order valence-corrected chi connectivity index (χ2v) is 12.2. The van der Waals surface area contributed by atoms with Gasteiger partial charge in [0.2, 0.25) is 0 Å². The van der Waals surface area contributed by atoms with E-state index in [0.29, 0.717) is 21.3 Å². The maximum Gasteiger partial charge on any atom is 0.333 e. The van der Waals surface area contributed by atoms with Crippen LogP contribution in [0.4, 0.5) is 10.0 Å². The predicted octanol–water partition coefficient (Wildman–Crippen LogP) is 6.25. The molecule has 0 unspecified atom stereocenters. The number of anilines is 2. The number of hydrogen-bond donors (Lipinski definition) is 1. The van der Waals surface area contributed by atoms with Gasteiger partial charge in [0.05, 0.1) is 58.7 Å². The van der Waals surface area contributed by atoms with Crippen LogP contribution in [-0.2, 0) is 4.79 Å². The Morgan fingerprint density at radius 1 is 0.744 bits per heavy atom. The third-order valence-electron chi connectivity index (χ3n) is 5.24. The van der Waals surface area contributed by atoms with Gasteiger partial charge in [-0.15, -0.1) is 45.3 Å². The molecule has 0 saturated carbocycles. The van der Waals surface area contributed by atoms with E-state index in [1.165, 1.54) is 47.2 Å². The van der Waals surface area contributed by atoms with Crippen molar-refractivity contribution < 1.29 is 33.6 Å². The quantitative estimate of drug-likeness (QED) is 0.134. The number of aliphatic carboxylic acids is 1. The van der Waals surface area contributed by atoms with Crippen LogP contribution >= 0.6 is 45.3 Å². The molecule has 4 rings (SSSR count). The fraction of sp³-hybridized carbons (Fsp3) is 0.320. The summed E-state index contributed by atoms with van der Waals surface area (Å²) >= 11 is 5.83. The van der Waals surface area contributed by atoms with E-state index in [-0.39, 0.29) is 5.70 Å². The summed E-state index contributed by atoms with van der Waals surface area (Å²) in [5.41, 5.74) is -0.348. The molecular formula is C25H27N3O7S4. The van der Waals surface area contributed by atoms with Gasteiger partial charge < -0.3 is 33.9 Å². The number of carbonyl (C=O) groups is 2. The minimum atomic E-state index is -1.25. The molecule has 0 fully saturated rings. The molecule has 14 heteroatoms. The lowest BCUT2D eigenvalue weighted by Gasteiger charge is -2.11. The number of carboxylic acid groups (broad SMARTS) is 1. The van der Waals surface area contributed by atoms with Gasteiger partial charge >= 0.3 is 5.97 Å². The molecule has 39 heavy (non-hydrogen) atoms. The SMILES string of the molecule is COc1c(C=O)sc2c(OC)c(N(C)C)sc12.[C-]#[N+]/C(=C\c1sc2c(OC)c(N(C)C)sc2c1OC)C(=O)O. The zero-order chi connectivity index (χ0) is 29.0. The highest BCUT2D eigenvalue weighted by atomic mass is 32.1. The third kappa shape index (κ3) is 5.62. The standard InChI is InChI=1S/C14H14N2O4S2.C11H13NO3S2/c1-15-7(14(17)18)6-8-9(19-4)11-12(21-8)10(20-5)13(22-11)16(2)3;1-12(2)11-8(15-4)10-9(17-11)7(14-3)6(5-13)16-10/h6H,2-5H3,(H,17,18);5H,1-4H3/b7-6-;. The first-order valence-corrected chi connectivity index (χ1v) is 14.3. The number of thiophene rings is 4. The minimum absolute atomic E-state index is 0.348. The number of carboxylic acids is 1. The van der Waals surface area contributed by atoms with Crippen molar-refractivity contribution in [3.63, 3.8) is 0 Å². The molecule has 0 amide bonds. The molecule has 208 valence electrons. The van der Waals surface area contributed by atoms with Crippen molar-refractivity contribution in [1.82, 2.24) is 0 Å². The van der Waals surface area contributed by atoms with Crippen LogP contribution in [0.3, 0.4) is 0 Å². The number of rotatable bonds is 9. The predicted molar refractivity (Wildman–Crippen MR) is 162 cm³/mol. The van der Waals surface area contributed by atoms with Crippen LogP contribution in [0, 0.1) is 6.57 Å². The molecule has 0 spiro atoms. The summed E-state index contributed by atoms with van der Waals surface area (Å²) in [6.45, 7) is 6.94. The third-order valence-corrected chi connectivity index (χ3v) is 10.4. The summed E-state index contributed by atoms with van der Waals surface area (Å²) < 4.78 is 25.3. The number of carbonyl (C=O) groups excluding carboxylic acids is 1. The Balaban J connectivity index is 0.000000223. The molecule has 10 nitrogen and oxygen atoms in total. The highest BCUT2D eigenvalue weighted by Gasteiger charge is 2.24. The van der Waals surface area contributed by atoms with Crippen molar-refractivity contribution in [2.24, 2.45) is 0 Å². The summed E-state index contributed by atoms with van der Waals surface area (Å²) in [5.74, 6) is 1.50. The molecule has 0 atom stereocenters. The highest BCUT2D eigenvalue weighted by Crippen LogP contribution is 2.54. The van der Waals surface area contributed by atoms with E-state index < -0.39 is 5.97 Å². The van der Waals surface area contributed by atoms with Gasteiger partial charge in [0.1, 0.15) is 14.9 Å². The monoisotopic (exact) mass is 609 g/mol. The fourth-order valence-corrected chi connectivity index (χ4v) is 8.71. The average molecular weight is 610 g/mol. The Morgan fingerprint density at radius 2 is 1.13 bits per heavy atom. The normalized spacial score (nSPS) is 11.0. The number of methoxy groups -OCH3 is 4. The van der Waals surface area contributed by atoms with Crippen LogP contribution in [0.5, 0.6) is 23.0 Å². The smallest absolute Gasteiger partial charge is 0.333 e. The van der Waals surface area contributed by atoms with E-state index >= 15 is 0 Å². The number of ether oxygens (including phenoxy) is 4. The van der Waals surface area contributed by atoms with Crippen LogP contribution in [0.2, 0.25) is 0 Å². The number of aldehydes is 1. The summed E-state index contributed by atoms with van der Waals surface area (Å²) in [4.78, 5) is 30.1. The Kier molecular flexibility index (Phi) is 9.68. The Hall–Kier alpha value is -3.51. The van der Waals surface area contributed by atoms with Crippen molar-refractivity contribution in [3.05, 3.63) is 26.9 Å². The molecule has 4 heterocycles. The van der Waals surface area contributed by atoms with Crippen LogP contribution in [0.1, 0.15) is 14.5 Å². The van der Waals surface area contributed by atoms with Gasteiger partial charge in [-0.25, -0.2) is 4.85 Å². The van der Waals surface area contributed by atoms with Crippen LogP contribution in [-0.4, -0.2) is 74.0 Å². The molecule has 0 aliphatic rings. The molecule has 0 bridgehead atoms. The zero-order valence-electron chi connectivity index (χ0n) is 22.5. The van der Waals surface area contributed by atoms with E-state index in [0.717, 1.165) is 46.6 Å². The Morgan fingerprint density at radius 3 is 1.46 bits per heavy atom. The largest absolute Gasteiger partial charge is 0.494 e. The molecule has 0 aliphatic carbocycles. The van der Waals surface area contributed by atoms with Crippen molar-refractivity contribution in [1.29, 1.82) is 0 Å². The lowest BCUT2D eigenvalue weighted by atomic mass is 10.3. The minimum Gasteiger partial charge on any atom is -0.494 e. The second-order valence-electron chi connectivity index (χ2n) is 8.05. The summed E-state index contributed by atoms with van der Waals surface area (Å²) in [7, 11) is 14.1. The van der Waals surface area contributed by atoms with E-state index in [1.807, 2.05) is 38.0 Å². The van der Waals surface area contributed by atoms with Crippen molar-refractivity contribution in [2.75, 3.05) is 66.4 Å². The molecule has 4 aromatic rings.